The molecule has 1 aliphatic heterocycles. The number of likely N-dealkylation sites (N-methyl/N-ethyl adjacent to an activating group) is 1. The van der Waals surface area contributed by atoms with Crippen molar-refractivity contribution in [3.8, 4) is 5.75 Å². The Hall–Kier alpha value is -2.89. The van der Waals surface area contributed by atoms with E-state index in [0.717, 1.165) is 43.0 Å². The van der Waals surface area contributed by atoms with Crippen molar-refractivity contribution >= 4 is 0 Å². The summed E-state index contributed by atoms with van der Waals surface area (Å²) in [6.07, 6.45) is 0. The molecule has 0 amide bonds. The zero-order valence-corrected chi connectivity index (χ0v) is 18.6. The summed E-state index contributed by atoms with van der Waals surface area (Å²) in [5.41, 5.74) is 4.39. The summed E-state index contributed by atoms with van der Waals surface area (Å²) in [7, 11) is 2.12. The lowest BCUT2D eigenvalue weighted by atomic mass is 9.95. The largest absolute Gasteiger partial charge is 0.507 e. The molecule has 0 aliphatic carbocycles. The van der Waals surface area contributed by atoms with Crippen LogP contribution in [0.2, 0.25) is 0 Å². The zero-order chi connectivity index (χ0) is 22.0. The lowest BCUT2D eigenvalue weighted by Gasteiger charge is -2.38. The van der Waals surface area contributed by atoms with Gasteiger partial charge >= 0.3 is 0 Å². The van der Waals surface area contributed by atoms with E-state index in [1.165, 1.54) is 5.56 Å². The number of hydrogen-bond acceptors (Lipinski definition) is 4. The molecule has 5 nitrogen and oxygen atoms in total. The number of hydrogen-bond donors (Lipinski definition) is 1. The molecule has 1 aromatic heterocycles. The summed E-state index contributed by atoms with van der Waals surface area (Å²) in [6, 6.07) is 19.8. The molecule has 1 aliphatic rings. The highest BCUT2D eigenvalue weighted by molar-refractivity contribution is 5.42. The van der Waals surface area contributed by atoms with Crippen molar-refractivity contribution < 1.29 is 5.11 Å². The van der Waals surface area contributed by atoms with Gasteiger partial charge in [0.15, 0.2) is 0 Å². The van der Waals surface area contributed by atoms with Crippen molar-refractivity contribution in [1.82, 2.24) is 14.4 Å². The summed E-state index contributed by atoms with van der Waals surface area (Å²) >= 11 is 0. The Kier molecular flexibility index (Phi) is 6.25. The van der Waals surface area contributed by atoms with Crippen molar-refractivity contribution in [3.05, 3.63) is 99.0 Å². The van der Waals surface area contributed by atoms with Crippen molar-refractivity contribution in [2.75, 3.05) is 33.2 Å². The van der Waals surface area contributed by atoms with Gasteiger partial charge in [-0.2, -0.15) is 0 Å². The average molecular weight is 418 g/mol. The molecule has 2 aromatic carbocycles. The summed E-state index contributed by atoms with van der Waals surface area (Å²) in [5, 5.41) is 11.0. The van der Waals surface area contributed by atoms with Crippen molar-refractivity contribution in [2.24, 2.45) is 0 Å². The molecular formula is C26H31N3O2. The van der Waals surface area contributed by atoms with E-state index in [2.05, 4.69) is 48.0 Å². The maximum Gasteiger partial charge on any atom is 0.259 e. The molecule has 1 unspecified atom stereocenters. The van der Waals surface area contributed by atoms with Crippen LogP contribution in [0.3, 0.4) is 0 Å². The van der Waals surface area contributed by atoms with E-state index in [4.69, 9.17) is 0 Å². The monoisotopic (exact) mass is 417 g/mol. The Morgan fingerprint density at radius 1 is 0.935 bits per heavy atom. The molecule has 0 saturated carbocycles. The Morgan fingerprint density at radius 3 is 2.23 bits per heavy atom. The first-order valence-electron chi connectivity index (χ1n) is 10.9. The van der Waals surface area contributed by atoms with Crippen molar-refractivity contribution in [2.45, 2.75) is 26.4 Å². The number of pyridine rings is 1. The fraction of sp³-hybridized carbons (Fsp3) is 0.346. The second kappa shape index (κ2) is 9.08. The highest BCUT2D eigenvalue weighted by Gasteiger charge is 2.30. The molecule has 31 heavy (non-hydrogen) atoms. The van der Waals surface area contributed by atoms with E-state index in [1.807, 2.05) is 37.3 Å². The van der Waals surface area contributed by atoms with E-state index in [0.29, 0.717) is 12.1 Å². The molecule has 4 rings (SSSR count). The van der Waals surface area contributed by atoms with Crippen LogP contribution in [0, 0.1) is 13.8 Å². The zero-order valence-electron chi connectivity index (χ0n) is 18.6. The van der Waals surface area contributed by atoms with Gasteiger partial charge < -0.3 is 14.6 Å². The molecule has 1 N–H and O–H groups in total. The molecule has 0 bridgehead atoms. The van der Waals surface area contributed by atoms with Gasteiger partial charge in [-0.15, -0.1) is 0 Å². The highest BCUT2D eigenvalue weighted by atomic mass is 16.3. The van der Waals surface area contributed by atoms with Crippen LogP contribution in [0.1, 0.15) is 34.0 Å². The molecule has 3 aromatic rings. The maximum atomic E-state index is 13.8. The predicted molar refractivity (Wildman–Crippen MR) is 125 cm³/mol. The van der Waals surface area contributed by atoms with Gasteiger partial charge in [-0.25, -0.2) is 0 Å². The number of piperazine rings is 1. The lowest BCUT2D eigenvalue weighted by molar-refractivity contribution is 0.125. The third-order valence-electron chi connectivity index (χ3n) is 6.28. The second-order valence-corrected chi connectivity index (χ2v) is 8.61. The van der Waals surface area contributed by atoms with Crippen LogP contribution < -0.4 is 5.56 Å². The lowest BCUT2D eigenvalue weighted by Crippen LogP contribution is -2.47. The van der Waals surface area contributed by atoms with E-state index < -0.39 is 0 Å². The summed E-state index contributed by atoms with van der Waals surface area (Å²) in [5.74, 6) is 0.0799. The molecule has 0 radical (unpaired) electrons. The van der Waals surface area contributed by atoms with E-state index in [9.17, 15) is 9.90 Å². The van der Waals surface area contributed by atoms with Crippen LogP contribution in [0.4, 0.5) is 0 Å². The first-order chi connectivity index (χ1) is 14.9. The molecule has 1 fully saturated rings. The van der Waals surface area contributed by atoms with Gasteiger partial charge in [0.2, 0.25) is 0 Å². The molecule has 1 atom stereocenters. The standard InChI is InChI=1S/C26H31N3O2/c1-19-9-11-22(12-10-19)25(28-15-13-27(3)14-16-28)24-23(30)17-20(2)29(26(24)31)18-21-7-5-4-6-8-21/h4-12,17,25,30H,13-16,18H2,1-3H3. The second-order valence-electron chi connectivity index (χ2n) is 8.61. The van der Waals surface area contributed by atoms with E-state index >= 15 is 0 Å². The molecular weight excluding hydrogens is 386 g/mol. The third-order valence-corrected chi connectivity index (χ3v) is 6.28. The van der Waals surface area contributed by atoms with Gasteiger partial charge in [0.05, 0.1) is 18.2 Å². The normalized spacial score (nSPS) is 16.4. The summed E-state index contributed by atoms with van der Waals surface area (Å²) in [6.45, 7) is 8.00. The van der Waals surface area contributed by atoms with Gasteiger partial charge in [0, 0.05) is 31.9 Å². The van der Waals surface area contributed by atoms with Crippen LogP contribution in [0.25, 0.3) is 0 Å². The van der Waals surface area contributed by atoms with E-state index in [1.54, 1.807) is 10.6 Å². The Morgan fingerprint density at radius 2 is 1.58 bits per heavy atom. The third kappa shape index (κ3) is 4.58. The minimum absolute atomic E-state index is 0.0799. The van der Waals surface area contributed by atoms with Crippen LogP contribution in [-0.4, -0.2) is 52.7 Å². The molecule has 5 heteroatoms. The fourth-order valence-electron chi connectivity index (χ4n) is 4.38. The van der Waals surface area contributed by atoms with Crippen LogP contribution in [-0.2, 0) is 6.54 Å². The highest BCUT2D eigenvalue weighted by Crippen LogP contribution is 2.33. The molecule has 1 saturated heterocycles. The first-order valence-corrected chi connectivity index (χ1v) is 10.9. The molecule has 162 valence electrons. The average Bonchev–Trinajstić information content (AvgIpc) is 2.76. The fourth-order valence-corrected chi connectivity index (χ4v) is 4.38. The Bertz CT molecular complexity index is 1080. The Balaban J connectivity index is 1.83. The quantitative estimate of drug-likeness (QED) is 0.690. The van der Waals surface area contributed by atoms with Crippen molar-refractivity contribution in [1.29, 1.82) is 0 Å². The smallest absolute Gasteiger partial charge is 0.259 e. The van der Waals surface area contributed by atoms with Gasteiger partial charge in [-0.1, -0.05) is 60.2 Å². The van der Waals surface area contributed by atoms with Crippen molar-refractivity contribution in [3.63, 3.8) is 0 Å². The van der Waals surface area contributed by atoms with Gasteiger partial charge in [-0.3, -0.25) is 9.69 Å². The maximum absolute atomic E-state index is 13.8. The number of aryl methyl sites for hydroxylation is 2. The molecule has 0 spiro atoms. The molecule has 2 heterocycles. The minimum atomic E-state index is -0.274. The van der Waals surface area contributed by atoms with Crippen LogP contribution >= 0.6 is 0 Å². The van der Waals surface area contributed by atoms with Crippen LogP contribution in [0.15, 0.2) is 65.5 Å². The van der Waals surface area contributed by atoms with Crippen LogP contribution in [0.5, 0.6) is 5.75 Å². The summed E-state index contributed by atoms with van der Waals surface area (Å²) < 4.78 is 1.78. The first kappa shape index (κ1) is 21.3. The van der Waals surface area contributed by atoms with Gasteiger partial charge in [-0.05, 0) is 38.1 Å². The SMILES string of the molecule is Cc1ccc(C(c2c(O)cc(C)n(Cc3ccccc3)c2=O)N2CCN(C)CC2)cc1. The number of aromatic hydroxyl groups is 1. The van der Waals surface area contributed by atoms with Gasteiger partial charge in [0.25, 0.3) is 5.56 Å². The number of benzene rings is 2. The minimum Gasteiger partial charge on any atom is -0.507 e. The Labute approximate surface area is 184 Å². The summed E-state index contributed by atoms with van der Waals surface area (Å²) in [4.78, 5) is 18.4. The number of nitrogens with zero attached hydrogens (tertiary/aromatic N) is 3. The van der Waals surface area contributed by atoms with E-state index in [-0.39, 0.29) is 17.4 Å². The predicted octanol–water partition coefficient (Wildman–Crippen LogP) is 3.56. The number of aromatic nitrogens is 1. The topological polar surface area (TPSA) is 48.7 Å². The van der Waals surface area contributed by atoms with Gasteiger partial charge in [0.1, 0.15) is 5.75 Å². The number of rotatable bonds is 5.